The Morgan fingerprint density at radius 3 is 2.71 bits per heavy atom. The fourth-order valence-corrected chi connectivity index (χ4v) is 2.40. The van der Waals surface area contributed by atoms with E-state index < -0.39 is 11.7 Å². The molecule has 0 aliphatic carbocycles. The highest BCUT2D eigenvalue weighted by Gasteiger charge is 2.35. The third kappa shape index (κ3) is 4.13. The Labute approximate surface area is 123 Å². The summed E-state index contributed by atoms with van der Waals surface area (Å²) < 4.78 is 50.3. The predicted molar refractivity (Wildman–Crippen MR) is 74.6 cm³/mol. The van der Waals surface area contributed by atoms with Crippen LogP contribution >= 0.6 is 0 Å². The van der Waals surface area contributed by atoms with Crippen LogP contribution in [-0.2, 0) is 10.9 Å². The summed E-state index contributed by atoms with van der Waals surface area (Å²) in [6, 6.07) is 4.35. The van der Waals surface area contributed by atoms with Gasteiger partial charge in [0.25, 0.3) is 0 Å². The molecule has 2 unspecified atom stereocenters. The molecule has 0 spiro atoms. The SMILES string of the molecule is CCC(C)c1ccc(OCC2CCCO2)c(C(F)(F)F)c1. The fraction of sp³-hybridized carbons (Fsp3) is 0.625. The van der Waals surface area contributed by atoms with Crippen LogP contribution in [0.2, 0.25) is 0 Å². The first-order chi connectivity index (χ1) is 9.91. The second kappa shape index (κ2) is 6.69. The van der Waals surface area contributed by atoms with Gasteiger partial charge in [-0.05, 0) is 42.9 Å². The van der Waals surface area contributed by atoms with E-state index in [2.05, 4.69) is 0 Å². The molecule has 5 heteroatoms. The van der Waals surface area contributed by atoms with Gasteiger partial charge in [0.1, 0.15) is 12.4 Å². The molecule has 1 aromatic carbocycles. The number of hydrogen-bond acceptors (Lipinski definition) is 2. The van der Waals surface area contributed by atoms with E-state index in [-0.39, 0.29) is 24.4 Å². The minimum absolute atomic E-state index is 0.0957. The molecule has 0 amide bonds. The van der Waals surface area contributed by atoms with E-state index in [0.717, 1.165) is 19.3 Å². The van der Waals surface area contributed by atoms with E-state index in [9.17, 15) is 13.2 Å². The molecule has 2 rings (SSSR count). The van der Waals surface area contributed by atoms with Crippen molar-refractivity contribution < 1.29 is 22.6 Å². The summed E-state index contributed by atoms with van der Waals surface area (Å²) in [6.07, 6.45) is -1.93. The summed E-state index contributed by atoms with van der Waals surface area (Å²) in [5.74, 6) is -0.0108. The zero-order valence-electron chi connectivity index (χ0n) is 12.4. The number of rotatable bonds is 5. The molecule has 2 atom stereocenters. The van der Waals surface area contributed by atoms with Crippen LogP contribution in [0.4, 0.5) is 13.2 Å². The van der Waals surface area contributed by atoms with Crippen LogP contribution in [0.5, 0.6) is 5.75 Å². The van der Waals surface area contributed by atoms with Gasteiger partial charge in [0.15, 0.2) is 0 Å². The summed E-state index contributed by atoms with van der Waals surface area (Å²) in [7, 11) is 0. The van der Waals surface area contributed by atoms with Gasteiger partial charge in [-0.1, -0.05) is 19.9 Å². The molecule has 1 fully saturated rings. The Kier molecular flexibility index (Phi) is 5.14. The fourth-order valence-electron chi connectivity index (χ4n) is 2.40. The highest BCUT2D eigenvalue weighted by atomic mass is 19.4. The van der Waals surface area contributed by atoms with Crippen LogP contribution in [0, 0.1) is 0 Å². The molecule has 1 aliphatic rings. The normalized spacial score (nSPS) is 20.5. The van der Waals surface area contributed by atoms with Crippen molar-refractivity contribution in [1.29, 1.82) is 0 Å². The molecule has 0 saturated carbocycles. The highest BCUT2D eigenvalue weighted by Crippen LogP contribution is 2.38. The van der Waals surface area contributed by atoms with Crippen LogP contribution in [0.25, 0.3) is 0 Å². The van der Waals surface area contributed by atoms with Crippen LogP contribution in [0.3, 0.4) is 0 Å². The van der Waals surface area contributed by atoms with Gasteiger partial charge in [0.2, 0.25) is 0 Å². The molecular weight excluding hydrogens is 281 g/mol. The predicted octanol–water partition coefficient (Wildman–Crippen LogP) is 4.78. The molecule has 0 N–H and O–H groups in total. The molecule has 2 nitrogen and oxygen atoms in total. The van der Waals surface area contributed by atoms with E-state index in [1.54, 1.807) is 6.07 Å². The van der Waals surface area contributed by atoms with Crippen molar-refractivity contribution in [1.82, 2.24) is 0 Å². The lowest BCUT2D eigenvalue weighted by molar-refractivity contribution is -0.139. The van der Waals surface area contributed by atoms with Crippen molar-refractivity contribution in [2.24, 2.45) is 0 Å². The third-order valence-corrected chi connectivity index (χ3v) is 3.94. The second-order valence-corrected chi connectivity index (χ2v) is 5.51. The molecule has 0 bridgehead atoms. The minimum Gasteiger partial charge on any atom is -0.490 e. The topological polar surface area (TPSA) is 18.5 Å². The standard InChI is InChI=1S/C16H21F3O2/c1-3-11(2)12-6-7-15(14(9-12)16(17,18)19)21-10-13-5-4-8-20-13/h6-7,9,11,13H,3-5,8,10H2,1-2H3. The lowest BCUT2D eigenvalue weighted by Crippen LogP contribution is -2.18. The van der Waals surface area contributed by atoms with Crippen molar-refractivity contribution >= 4 is 0 Å². The van der Waals surface area contributed by atoms with E-state index in [1.165, 1.54) is 12.1 Å². The molecule has 1 aromatic rings. The first kappa shape index (κ1) is 16.1. The third-order valence-electron chi connectivity index (χ3n) is 3.94. The molecule has 0 radical (unpaired) electrons. The first-order valence-corrected chi connectivity index (χ1v) is 7.37. The summed E-state index contributed by atoms with van der Waals surface area (Å²) >= 11 is 0. The average molecular weight is 302 g/mol. The molecule has 1 saturated heterocycles. The summed E-state index contributed by atoms with van der Waals surface area (Å²) in [5, 5.41) is 0. The largest absolute Gasteiger partial charge is 0.490 e. The number of alkyl halides is 3. The van der Waals surface area contributed by atoms with E-state index in [1.807, 2.05) is 13.8 Å². The van der Waals surface area contributed by atoms with Crippen molar-refractivity contribution in [3.63, 3.8) is 0 Å². The van der Waals surface area contributed by atoms with Gasteiger partial charge in [0.05, 0.1) is 11.7 Å². The Hall–Kier alpha value is -1.23. The average Bonchev–Trinajstić information content (AvgIpc) is 2.96. The maximum Gasteiger partial charge on any atom is 0.419 e. The molecule has 0 aromatic heterocycles. The lowest BCUT2D eigenvalue weighted by atomic mass is 9.96. The maximum atomic E-state index is 13.2. The van der Waals surface area contributed by atoms with Crippen molar-refractivity contribution in [2.75, 3.05) is 13.2 Å². The van der Waals surface area contributed by atoms with Crippen LogP contribution in [0.1, 0.15) is 50.2 Å². The zero-order valence-corrected chi connectivity index (χ0v) is 12.4. The summed E-state index contributed by atoms with van der Waals surface area (Å²) in [5.41, 5.74) is -0.00686. The number of halogens is 3. The second-order valence-electron chi connectivity index (χ2n) is 5.51. The van der Waals surface area contributed by atoms with Gasteiger partial charge in [-0.3, -0.25) is 0 Å². The minimum atomic E-state index is -4.41. The van der Waals surface area contributed by atoms with Crippen LogP contribution < -0.4 is 4.74 Å². The quantitative estimate of drug-likeness (QED) is 0.779. The maximum absolute atomic E-state index is 13.2. The summed E-state index contributed by atoms with van der Waals surface area (Å²) in [6.45, 7) is 4.71. The summed E-state index contributed by atoms with van der Waals surface area (Å²) in [4.78, 5) is 0. The van der Waals surface area contributed by atoms with Crippen LogP contribution in [0.15, 0.2) is 18.2 Å². The van der Waals surface area contributed by atoms with Crippen molar-refractivity contribution in [3.05, 3.63) is 29.3 Å². The van der Waals surface area contributed by atoms with E-state index >= 15 is 0 Å². The number of benzene rings is 1. The lowest BCUT2D eigenvalue weighted by Gasteiger charge is -2.18. The monoisotopic (exact) mass is 302 g/mol. The molecule has 21 heavy (non-hydrogen) atoms. The molecule has 118 valence electrons. The number of hydrogen-bond donors (Lipinski definition) is 0. The first-order valence-electron chi connectivity index (χ1n) is 7.37. The van der Waals surface area contributed by atoms with Gasteiger partial charge in [-0.15, -0.1) is 0 Å². The molecule has 1 heterocycles. The molecular formula is C16H21F3O2. The Morgan fingerprint density at radius 2 is 2.14 bits per heavy atom. The molecule has 1 aliphatic heterocycles. The van der Waals surface area contributed by atoms with Gasteiger partial charge in [-0.2, -0.15) is 13.2 Å². The Balaban J connectivity index is 2.18. The van der Waals surface area contributed by atoms with E-state index in [0.29, 0.717) is 12.2 Å². The van der Waals surface area contributed by atoms with Crippen molar-refractivity contribution in [2.45, 2.75) is 51.3 Å². The Morgan fingerprint density at radius 1 is 1.38 bits per heavy atom. The Bertz CT molecular complexity index is 465. The van der Waals surface area contributed by atoms with Crippen LogP contribution in [-0.4, -0.2) is 19.3 Å². The zero-order chi connectivity index (χ0) is 15.5. The van der Waals surface area contributed by atoms with Crippen molar-refractivity contribution in [3.8, 4) is 5.75 Å². The van der Waals surface area contributed by atoms with Gasteiger partial charge >= 0.3 is 6.18 Å². The number of ether oxygens (including phenoxy) is 2. The van der Waals surface area contributed by atoms with Gasteiger partial charge in [-0.25, -0.2) is 0 Å². The van der Waals surface area contributed by atoms with Gasteiger partial charge < -0.3 is 9.47 Å². The van der Waals surface area contributed by atoms with Gasteiger partial charge in [0, 0.05) is 6.61 Å². The van der Waals surface area contributed by atoms with E-state index in [4.69, 9.17) is 9.47 Å². The highest BCUT2D eigenvalue weighted by molar-refractivity contribution is 5.40. The smallest absolute Gasteiger partial charge is 0.419 e.